The van der Waals surface area contributed by atoms with Crippen molar-refractivity contribution in [2.45, 2.75) is 37.8 Å². The summed E-state index contributed by atoms with van der Waals surface area (Å²) in [6, 6.07) is 7.01. The lowest BCUT2D eigenvalue weighted by molar-refractivity contribution is 0.0760. The minimum Gasteiger partial charge on any atom is -0.432 e. The normalized spacial score (nSPS) is 21.2. The van der Waals surface area contributed by atoms with E-state index in [9.17, 15) is 4.39 Å². The highest BCUT2D eigenvalue weighted by atomic mass is 35.5. The molecule has 2 aliphatic heterocycles. The number of nitrogens with zero attached hydrogens (tertiary/aromatic N) is 5. The van der Waals surface area contributed by atoms with Gasteiger partial charge in [0.25, 0.3) is 0 Å². The lowest BCUT2D eigenvalue weighted by Gasteiger charge is -2.47. The van der Waals surface area contributed by atoms with Crippen molar-refractivity contribution in [3.8, 4) is 22.6 Å². The quantitative estimate of drug-likeness (QED) is 0.475. The Balaban J connectivity index is 1.36. The topological polar surface area (TPSA) is 71.5 Å². The van der Waals surface area contributed by atoms with Crippen LogP contribution in [0.25, 0.3) is 28.5 Å². The van der Waals surface area contributed by atoms with Crippen LogP contribution in [-0.4, -0.2) is 49.4 Å². The molecule has 3 aromatic heterocycles. The molecule has 0 aliphatic carbocycles. The first kappa shape index (κ1) is 19.7. The third kappa shape index (κ3) is 3.34. The van der Waals surface area contributed by atoms with E-state index in [4.69, 9.17) is 21.0 Å². The van der Waals surface area contributed by atoms with Gasteiger partial charge < -0.3 is 9.73 Å². The van der Waals surface area contributed by atoms with Crippen LogP contribution in [0.1, 0.15) is 25.7 Å². The Kier molecular flexibility index (Phi) is 4.84. The number of nitrogens with one attached hydrogen (secondary N) is 1. The summed E-state index contributed by atoms with van der Waals surface area (Å²) in [6.07, 6.45) is 10.2. The first-order valence-corrected chi connectivity index (χ1v) is 11.3. The number of hydrogen-bond acceptors (Lipinski definition) is 6. The van der Waals surface area contributed by atoms with Crippen LogP contribution >= 0.6 is 11.6 Å². The van der Waals surface area contributed by atoms with E-state index in [-0.39, 0.29) is 5.02 Å². The molecule has 32 heavy (non-hydrogen) atoms. The summed E-state index contributed by atoms with van der Waals surface area (Å²) in [5.74, 6) is 0.604. The highest BCUT2D eigenvalue weighted by Gasteiger charge is 2.39. The van der Waals surface area contributed by atoms with Crippen molar-refractivity contribution in [2.24, 2.45) is 0 Å². The van der Waals surface area contributed by atoms with Gasteiger partial charge in [0.15, 0.2) is 0 Å². The van der Waals surface area contributed by atoms with Crippen LogP contribution in [0.15, 0.2) is 47.3 Å². The summed E-state index contributed by atoms with van der Waals surface area (Å²) in [7, 11) is 0. The van der Waals surface area contributed by atoms with Gasteiger partial charge in [-0.15, -0.1) is 0 Å². The van der Waals surface area contributed by atoms with E-state index < -0.39 is 5.82 Å². The lowest BCUT2D eigenvalue weighted by Crippen LogP contribution is -2.62. The highest BCUT2D eigenvalue weighted by molar-refractivity contribution is 6.33. The average Bonchev–Trinajstić information content (AvgIpc) is 3.30. The van der Waals surface area contributed by atoms with Gasteiger partial charge in [-0.3, -0.25) is 9.30 Å². The zero-order chi connectivity index (χ0) is 21.7. The molecule has 1 aromatic carbocycles. The summed E-state index contributed by atoms with van der Waals surface area (Å²) < 4.78 is 21.0. The number of fused-ring (bicyclic) bond motifs is 2. The van der Waals surface area contributed by atoms with Gasteiger partial charge in [0.05, 0.1) is 16.8 Å². The Morgan fingerprint density at radius 3 is 3.00 bits per heavy atom. The number of rotatable bonds is 4. The zero-order valence-corrected chi connectivity index (χ0v) is 18.1. The standard InChI is InChI=1S/C23H22ClFN6O/c24-16-12-14(25)5-6-15(16)20-21(31-10-11-32-23(31)29-20)17-7-8-26-22(27-17)28-18-13-30-9-3-1-2-4-19(18)30/h5-8,10-12,18-19H,1-4,9,13H2,(H,26,27,28)/t18-,19?/m0/s1. The van der Waals surface area contributed by atoms with Crippen molar-refractivity contribution in [1.82, 2.24) is 24.3 Å². The summed E-state index contributed by atoms with van der Waals surface area (Å²) in [5, 5.41) is 3.81. The second-order valence-corrected chi connectivity index (χ2v) is 8.82. The van der Waals surface area contributed by atoms with Gasteiger partial charge in [-0.1, -0.05) is 24.4 Å². The molecule has 7 nitrogen and oxygen atoms in total. The molecule has 2 saturated heterocycles. The monoisotopic (exact) mass is 452 g/mol. The SMILES string of the molecule is Fc1ccc(-c2nc3occn3c2-c2ccnc(N[C@H]3CN4CCCCCC34)n2)c(Cl)c1. The molecule has 1 N–H and O–H groups in total. The highest BCUT2D eigenvalue weighted by Crippen LogP contribution is 2.36. The molecule has 0 radical (unpaired) electrons. The first-order valence-electron chi connectivity index (χ1n) is 10.9. The van der Waals surface area contributed by atoms with Crippen LogP contribution in [0.5, 0.6) is 0 Å². The molecule has 2 fully saturated rings. The van der Waals surface area contributed by atoms with Crippen molar-refractivity contribution < 1.29 is 8.81 Å². The first-order chi connectivity index (χ1) is 15.7. The number of anilines is 1. The molecular weight excluding hydrogens is 431 g/mol. The number of halogens is 2. The largest absolute Gasteiger partial charge is 0.432 e. The van der Waals surface area contributed by atoms with Crippen LogP contribution in [0.4, 0.5) is 10.3 Å². The lowest BCUT2D eigenvalue weighted by atomic mass is 9.93. The Morgan fingerprint density at radius 1 is 1.16 bits per heavy atom. The van der Waals surface area contributed by atoms with E-state index in [1.165, 1.54) is 44.4 Å². The van der Waals surface area contributed by atoms with Gasteiger partial charge >= 0.3 is 5.84 Å². The van der Waals surface area contributed by atoms with E-state index >= 15 is 0 Å². The van der Waals surface area contributed by atoms with Gasteiger partial charge in [0.1, 0.15) is 23.5 Å². The smallest absolute Gasteiger partial charge is 0.306 e. The van der Waals surface area contributed by atoms with E-state index in [2.05, 4.69) is 20.2 Å². The molecule has 0 saturated carbocycles. The predicted octanol–water partition coefficient (Wildman–Crippen LogP) is 4.88. The maximum atomic E-state index is 13.6. The van der Waals surface area contributed by atoms with E-state index in [0.717, 1.165) is 12.2 Å². The molecule has 2 atom stereocenters. The predicted molar refractivity (Wildman–Crippen MR) is 120 cm³/mol. The minimum absolute atomic E-state index is 0.280. The number of oxazole rings is 1. The number of hydrogen-bond donors (Lipinski definition) is 1. The molecule has 9 heteroatoms. The average molecular weight is 453 g/mol. The molecular formula is C23H22ClFN6O. The summed E-state index contributed by atoms with van der Waals surface area (Å²) in [5.41, 5.74) is 2.60. The summed E-state index contributed by atoms with van der Waals surface area (Å²) in [6.45, 7) is 2.20. The van der Waals surface area contributed by atoms with Crippen molar-refractivity contribution in [3.05, 3.63) is 53.8 Å². The van der Waals surface area contributed by atoms with Crippen LogP contribution < -0.4 is 5.32 Å². The van der Waals surface area contributed by atoms with Crippen LogP contribution in [-0.2, 0) is 0 Å². The van der Waals surface area contributed by atoms with Gasteiger partial charge in [-0.05, 0) is 43.7 Å². The molecule has 1 unspecified atom stereocenters. The minimum atomic E-state index is -0.398. The van der Waals surface area contributed by atoms with Gasteiger partial charge in [-0.2, -0.15) is 4.98 Å². The Morgan fingerprint density at radius 2 is 2.09 bits per heavy atom. The third-order valence-corrected chi connectivity index (χ3v) is 6.78. The third-order valence-electron chi connectivity index (χ3n) is 6.47. The molecule has 0 amide bonds. The molecule has 0 spiro atoms. The van der Waals surface area contributed by atoms with Gasteiger partial charge in [-0.25, -0.2) is 14.4 Å². The number of aromatic nitrogens is 4. The van der Waals surface area contributed by atoms with Crippen LogP contribution in [0.2, 0.25) is 5.02 Å². The molecule has 2 aliphatic rings. The Labute approximate surface area is 189 Å². The molecule has 6 rings (SSSR count). The number of imidazole rings is 1. The van der Waals surface area contributed by atoms with Crippen molar-refractivity contribution in [3.63, 3.8) is 0 Å². The zero-order valence-electron chi connectivity index (χ0n) is 17.3. The fourth-order valence-corrected chi connectivity index (χ4v) is 5.14. The van der Waals surface area contributed by atoms with Crippen molar-refractivity contribution in [2.75, 3.05) is 18.4 Å². The number of benzene rings is 1. The molecule has 5 heterocycles. The molecule has 164 valence electrons. The van der Waals surface area contributed by atoms with Gasteiger partial charge in [0, 0.05) is 30.5 Å². The van der Waals surface area contributed by atoms with Crippen LogP contribution in [0.3, 0.4) is 0 Å². The van der Waals surface area contributed by atoms with Crippen molar-refractivity contribution >= 4 is 23.4 Å². The second-order valence-electron chi connectivity index (χ2n) is 8.42. The Bertz CT molecular complexity index is 1290. The van der Waals surface area contributed by atoms with Gasteiger partial charge in [0.2, 0.25) is 5.95 Å². The summed E-state index contributed by atoms with van der Waals surface area (Å²) >= 11 is 6.35. The molecule has 4 aromatic rings. The second kappa shape index (κ2) is 7.86. The summed E-state index contributed by atoms with van der Waals surface area (Å²) in [4.78, 5) is 16.4. The fourth-order valence-electron chi connectivity index (χ4n) is 4.88. The van der Waals surface area contributed by atoms with E-state index in [1.54, 1.807) is 24.7 Å². The van der Waals surface area contributed by atoms with Crippen LogP contribution in [0, 0.1) is 5.82 Å². The molecule has 0 bridgehead atoms. The fraction of sp³-hybridized carbons (Fsp3) is 0.348. The maximum absolute atomic E-state index is 13.6. The Hall–Kier alpha value is -2.97. The van der Waals surface area contributed by atoms with E-state index in [1.807, 2.05) is 10.5 Å². The maximum Gasteiger partial charge on any atom is 0.306 e. The van der Waals surface area contributed by atoms with E-state index in [0.29, 0.717) is 40.8 Å². The van der Waals surface area contributed by atoms with Crippen molar-refractivity contribution in [1.29, 1.82) is 0 Å².